The smallest absolute Gasteiger partial charge is 0.306 e. The fraction of sp³-hybridized carbons (Fsp3) is 0.500. The molecule has 0 amide bonds. The molecule has 1 aromatic rings. The summed E-state index contributed by atoms with van der Waals surface area (Å²) in [4.78, 5) is 13.1. The number of carbonyl (C=O) groups is 1. The molecule has 0 saturated heterocycles. The number of hydrogen-bond donors (Lipinski definition) is 1. The number of nitrogens with zero attached hydrogens (tertiary/aromatic N) is 1. The lowest BCUT2D eigenvalue weighted by molar-refractivity contribution is -0.139. The second kappa shape index (κ2) is 4.98. The van der Waals surface area contributed by atoms with E-state index in [4.69, 9.17) is 9.84 Å². The summed E-state index contributed by atoms with van der Waals surface area (Å²) in [7, 11) is 5.62. The van der Waals surface area contributed by atoms with E-state index in [9.17, 15) is 4.79 Å². The maximum atomic E-state index is 11.0. The summed E-state index contributed by atoms with van der Waals surface area (Å²) < 4.78 is 5.14. The van der Waals surface area contributed by atoms with Crippen LogP contribution in [-0.4, -0.2) is 37.2 Å². The van der Waals surface area contributed by atoms with Gasteiger partial charge in [0.05, 0.1) is 13.0 Å². The number of aliphatic carboxylic acids is 1. The highest BCUT2D eigenvalue weighted by molar-refractivity contribution is 5.73. The van der Waals surface area contributed by atoms with E-state index in [2.05, 4.69) is 4.90 Å². The highest BCUT2D eigenvalue weighted by Crippen LogP contribution is 2.49. The number of carboxylic acid groups (broad SMARTS) is 1. The van der Waals surface area contributed by atoms with Gasteiger partial charge in [0.15, 0.2) is 0 Å². The quantitative estimate of drug-likeness (QED) is 0.867. The van der Waals surface area contributed by atoms with E-state index < -0.39 is 5.97 Å². The second-order valence-electron chi connectivity index (χ2n) is 5.03. The van der Waals surface area contributed by atoms with Gasteiger partial charge in [-0.25, -0.2) is 0 Å². The summed E-state index contributed by atoms with van der Waals surface area (Å²) in [5, 5.41) is 9.04. The first kappa shape index (κ1) is 12.9. The Morgan fingerprint density at radius 1 is 1.39 bits per heavy atom. The molecule has 1 aliphatic carbocycles. The van der Waals surface area contributed by atoms with E-state index in [1.54, 1.807) is 7.11 Å². The Balaban J connectivity index is 2.18. The molecule has 1 fully saturated rings. The monoisotopic (exact) mass is 249 g/mol. The highest BCUT2D eigenvalue weighted by Gasteiger charge is 2.49. The molecule has 4 heteroatoms. The Labute approximate surface area is 107 Å². The largest absolute Gasteiger partial charge is 0.497 e. The van der Waals surface area contributed by atoms with Gasteiger partial charge in [-0.05, 0) is 44.1 Å². The molecule has 0 spiro atoms. The van der Waals surface area contributed by atoms with Crippen LogP contribution in [0.2, 0.25) is 0 Å². The minimum absolute atomic E-state index is 0.164. The Morgan fingerprint density at radius 2 is 2.00 bits per heavy atom. The van der Waals surface area contributed by atoms with Crippen molar-refractivity contribution in [1.82, 2.24) is 4.90 Å². The van der Waals surface area contributed by atoms with Crippen LogP contribution in [0, 0.1) is 11.8 Å². The predicted molar refractivity (Wildman–Crippen MR) is 68.7 cm³/mol. The normalized spacial score (nSPS) is 23.8. The summed E-state index contributed by atoms with van der Waals surface area (Å²) in [6.45, 7) is 0. The highest BCUT2D eigenvalue weighted by atomic mass is 16.5. The third-order valence-corrected chi connectivity index (χ3v) is 3.58. The maximum absolute atomic E-state index is 11.0. The van der Waals surface area contributed by atoms with Crippen molar-refractivity contribution in [3.05, 3.63) is 29.8 Å². The lowest BCUT2D eigenvalue weighted by Crippen LogP contribution is -2.23. The Kier molecular flexibility index (Phi) is 3.57. The average molecular weight is 249 g/mol. The zero-order chi connectivity index (χ0) is 13.3. The van der Waals surface area contributed by atoms with Crippen molar-refractivity contribution in [3.63, 3.8) is 0 Å². The minimum atomic E-state index is -0.680. The van der Waals surface area contributed by atoms with Gasteiger partial charge in [0.2, 0.25) is 0 Å². The fourth-order valence-corrected chi connectivity index (χ4v) is 2.58. The number of hydrogen-bond acceptors (Lipinski definition) is 3. The first-order chi connectivity index (χ1) is 8.54. The molecule has 4 nitrogen and oxygen atoms in total. The van der Waals surface area contributed by atoms with E-state index in [0.29, 0.717) is 0 Å². The van der Waals surface area contributed by atoms with E-state index in [1.807, 2.05) is 38.4 Å². The third-order valence-electron chi connectivity index (χ3n) is 3.58. The average Bonchev–Trinajstić information content (AvgIpc) is 3.10. The molecule has 1 aromatic carbocycles. The van der Waals surface area contributed by atoms with Crippen LogP contribution in [0.4, 0.5) is 0 Å². The molecule has 3 unspecified atom stereocenters. The molecule has 3 atom stereocenters. The number of methoxy groups -OCH3 is 1. The van der Waals surface area contributed by atoms with Gasteiger partial charge >= 0.3 is 5.97 Å². The number of carboxylic acids is 1. The van der Waals surface area contributed by atoms with Crippen LogP contribution < -0.4 is 4.74 Å². The predicted octanol–water partition coefficient (Wildman–Crippen LogP) is 2.02. The molecule has 0 bridgehead atoms. The molecule has 98 valence electrons. The van der Waals surface area contributed by atoms with Crippen molar-refractivity contribution < 1.29 is 14.6 Å². The summed E-state index contributed by atoms with van der Waals surface area (Å²) in [5.41, 5.74) is 1.15. The Bertz CT molecular complexity index is 427. The second-order valence-corrected chi connectivity index (χ2v) is 5.03. The molecule has 1 N–H and O–H groups in total. The van der Waals surface area contributed by atoms with Gasteiger partial charge in [-0.2, -0.15) is 0 Å². The van der Waals surface area contributed by atoms with E-state index in [1.165, 1.54) is 0 Å². The molecular weight excluding hydrogens is 230 g/mol. The van der Waals surface area contributed by atoms with E-state index in [0.717, 1.165) is 17.7 Å². The van der Waals surface area contributed by atoms with Gasteiger partial charge < -0.3 is 14.7 Å². The van der Waals surface area contributed by atoms with Gasteiger partial charge in [-0.1, -0.05) is 12.1 Å². The molecule has 0 aliphatic heterocycles. The molecule has 1 saturated carbocycles. The van der Waals surface area contributed by atoms with Gasteiger partial charge in [-0.15, -0.1) is 0 Å². The van der Waals surface area contributed by atoms with Gasteiger partial charge in [-0.3, -0.25) is 4.79 Å². The van der Waals surface area contributed by atoms with Crippen molar-refractivity contribution in [1.29, 1.82) is 0 Å². The first-order valence-electron chi connectivity index (χ1n) is 6.07. The molecule has 0 heterocycles. The van der Waals surface area contributed by atoms with Crippen LogP contribution in [0.5, 0.6) is 5.75 Å². The number of ether oxygens (including phenoxy) is 1. The minimum Gasteiger partial charge on any atom is -0.497 e. The standard InChI is InChI=1S/C14H19NO3/c1-15(2)13(11-8-12(11)14(16)17)9-4-6-10(18-3)7-5-9/h4-7,11-13H,8H2,1-3H3,(H,16,17). The van der Waals surface area contributed by atoms with Gasteiger partial charge in [0.1, 0.15) is 5.75 Å². The van der Waals surface area contributed by atoms with E-state index in [-0.39, 0.29) is 17.9 Å². The zero-order valence-corrected chi connectivity index (χ0v) is 11.0. The number of benzene rings is 1. The van der Waals surface area contributed by atoms with Crippen LogP contribution in [0.25, 0.3) is 0 Å². The SMILES string of the molecule is COc1ccc(C(C2CC2C(=O)O)N(C)C)cc1. The lowest BCUT2D eigenvalue weighted by atomic mass is 10.00. The van der Waals surface area contributed by atoms with Crippen LogP contribution in [0.15, 0.2) is 24.3 Å². The summed E-state index contributed by atoms with van der Waals surface area (Å²) in [6.07, 6.45) is 0.768. The fourth-order valence-electron chi connectivity index (χ4n) is 2.58. The summed E-state index contributed by atoms with van der Waals surface area (Å²) in [6, 6.07) is 8.03. The Morgan fingerprint density at radius 3 is 2.39 bits per heavy atom. The number of rotatable bonds is 5. The van der Waals surface area contributed by atoms with Crippen LogP contribution in [-0.2, 0) is 4.79 Å². The first-order valence-corrected chi connectivity index (χ1v) is 6.07. The molecule has 18 heavy (non-hydrogen) atoms. The Hall–Kier alpha value is -1.55. The molecular formula is C14H19NO3. The summed E-state index contributed by atoms with van der Waals surface area (Å²) in [5.74, 6) is 0.160. The maximum Gasteiger partial charge on any atom is 0.306 e. The summed E-state index contributed by atoms with van der Waals surface area (Å²) >= 11 is 0. The molecule has 0 aromatic heterocycles. The third kappa shape index (κ3) is 2.48. The van der Waals surface area contributed by atoms with Gasteiger partial charge in [0.25, 0.3) is 0 Å². The zero-order valence-electron chi connectivity index (χ0n) is 11.0. The molecule has 0 radical (unpaired) electrons. The lowest BCUT2D eigenvalue weighted by Gasteiger charge is -2.25. The van der Waals surface area contributed by atoms with Crippen LogP contribution in [0.3, 0.4) is 0 Å². The van der Waals surface area contributed by atoms with Crippen molar-refractivity contribution in [2.45, 2.75) is 12.5 Å². The van der Waals surface area contributed by atoms with Crippen molar-refractivity contribution in [2.75, 3.05) is 21.2 Å². The molecule has 1 aliphatic rings. The van der Waals surface area contributed by atoms with Crippen molar-refractivity contribution in [3.8, 4) is 5.75 Å². The van der Waals surface area contributed by atoms with Crippen LogP contribution in [0.1, 0.15) is 18.0 Å². The topological polar surface area (TPSA) is 49.8 Å². The van der Waals surface area contributed by atoms with E-state index >= 15 is 0 Å². The van der Waals surface area contributed by atoms with Gasteiger partial charge in [0, 0.05) is 6.04 Å². The molecule has 2 rings (SSSR count). The van der Waals surface area contributed by atoms with Crippen molar-refractivity contribution >= 4 is 5.97 Å². The van der Waals surface area contributed by atoms with Crippen molar-refractivity contribution in [2.24, 2.45) is 11.8 Å². The van der Waals surface area contributed by atoms with Crippen LogP contribution >= 0.6 is 0 Å².